The lowest BCUT2D eigenvalue weighted by Crippen LogP contribution is -2.36. The first kappa shape index (κ1) is 15.8. The van der Waals surface area contributed by atoms with Crippen LogP contribution in [0.4, 0.5) is 5.69 Å². The summed E-state index contributed by atoms with van der Waals surface area (Å²) in [7, 11) is 0. The van der Waals surface area contributed by atoms with Crippen molar-refractivity contribution in [3.8, 4) is 0 Å². The Morgan fingerprint density at radius 3 is 2.79 bits per heavy atom. The van der Waals surface area contributed by atoms with Crippen LogP contribution in [0.25, 0.3) is 0 Å². The van der Waals surface area contributed by atoms with Crippen LogP contribution in [0.5, 0.6) is 0 Å². The molecular weight excluding hydrogens is 288 g/mol. The normalized spacial score (nSPS) is 11.9. The molecule has 0 spiro atoms. The molecule has 0 bridgehead atoms. The van der Waals surface area contributed by atoms with E-state index in [-0.39, 0.29) is 11.3 Å². The Morgan fingerprint density at radius 2 is 2.21 bits per heavy atom. The molecule has 0 heterocycles. The summed E-state index contributed by atoms with van der Waals surface area (Å²) >= 11 is 7.38. The standard InChI is InChI=1S/C12H15ClN2O3S/c1-19-5-4-9(14)11(16)15-10-6-7(13)2-3-8(10)12(17)18/h2-3,6,9H,4-5,14H2,1H3,(H,15,16)(H,17,18)/t9-/m0/s1. The average molecular weight is 303 g/mol. The zero-order valence-electron chi connectivity index (χ0n) is 10.4. The molecule has 104 valence electrons. The molecule has 1 rings (SSSR count). The number of carboxylic acids is 1. The first-order chi connectivity index (χ1) is 8.95. The van der Waals surface area contributed by atoms with Crippen LogP contribution in [0.3, 0.4) is 0 Å². The lowest BCUT2D eigenvalue weighted by Gasteiger charge is -2.13. The summed E-state index contributed by atoms with van der Waals surface area (Å²) in [5, 5.41) is 11.9. The Kier molecular flexibility index (Phi) is 6.14. The zero-order valence-corrected chi connectivity index (χ0v) is 11.9. The highest BCUT2D eigenvalue weighted by Gasteiger charge is 2.17. The van der Waals surface area contributed by atoms with Crippen molar-refractivity contribution in [2.24, 2.45) is 5.73 Å². The second-order valence-corrected chi connectivity index (χ2v) is 5.29. The molecule has 0 aliphatic heterocycles. The first-order valence-corrected chi connectivity index (χ1v) is 7.31. The van der Waals surface area contributed by atoms with Gasteiger partial charge in [0.25, 0.3) is 0 Å². The van der Waals surface area contributed by atoms with Crippen LogP contribution in [0.15, 0.2) is 18.2 Å². The smallest absolute Gasteiger partial charge is 0.337 e. The van der Waals surface area contributed by atoms with E-state index in [1.165, 1.54) is 18.2 Å². The maximum atomic E-state index is 11.8. The third kappa shape index (κ3) is 4.74. The fraction of sp³-hybridized carbons (Fsp3) is 0.333. The van der Waals surface area contributed by atoms with Gasteiger partial charge in [-0.1, -0.05) is 11.6 Å². The van der Waals surface area contributed by atoms with Gasteiger partial charge >= 0.3 is 5.97 Å². The Hall–Kier alpha value is -1.24. The van der Waals surface area contributed by atoms with E-state index < -0.39 is 17.9 Å². The van der Waals surface area contributed by atoms with Crippen LogP contribution in [0.1, 0.15) is 16.8 Å². The monoisotopic (exact) mass is 302 g/mol. The fourth-order valence-electron chi connectivity index (χ4n) is 1.41. The molecule has 0 radical (unpaired) electrons. The summed E-state index contributed by atoms with van der Waals surface area (Å²) < 4.78 is 0. The van der Waals surface area contributed by atoms with Crippen molar-refractivity contribution in [1.29, 1.82) is 0 Å². The number of nitrogens with two attached hydrogens (primary N) is 1. The second kappa shape index (κ2) is 7.37. The maximum absolute atomic E-state index is 11.8. The molecule has 0 unspecified atom stereocenters. The predicted molar refractivity (Wildman–Crippen MR) is 78.0 cm³/mol. The summed E-state index contributed by atoms with van der Waals surface area (Å²) in [5.74, 6) is -0.793. The first-order valence-electron chi connectivity index (χ1n) is 5.54. The van der Waals surface area contributed by atoms with Crippen LogP contribution in [0, 0.1) is 0 Å². The van der Waals surface area contributed by atoms with Crippen molar-refractivity contribution in [1.82, 2.24) is 0 Å². The van der Waals surface area contributed by atoms with Gasteiger partial charge in [-0.15, -0.1) is 0 Å². The van der Waals surface area contributed by atoms with Gasteiger partial charge in [0.15, 0.2) is 0 Å². The third-order valence-electron chi connectivity index (χ3n) is 2.44. The van der Waals surface area contributed by atoms with Crippen LogP contribution >= 0.6 is 23.4 Å². The van der Waals surface area contributed by atoms with Crippen molar-refractivity contribution in [3.63, 3.8) is 0 Å². The van der Waals surface area contributed by atoms with Crippen molar-refractivity contribution in [3.05, 3.63) is 28.8 Å². The highest BCUT2D eigenvalue weighted by atomic mass is 35.5. The number of hydrogen-bond donors (Lipinski definition) is 3. The topological polar surface area (TPSA) is 92.4 Å². The molecule has 0 aromatic heterocycles. The summed E-state index contributed by atoms with van der Waals surface area (Å²) in [4.78, 5) is 22.9. The Labute approximate surface area is 120 Å². The molecule has 1 amide bonds. The third-order valence-corrected chi connectivity index (χ3v) is 3.32. The Morgan fingerprint density at radius 1 is 1.53 bits per heavy atom. The van der Waals surface area contributed by atoms with Gasteiger partial charge in [0.05, 0.1) is 17.3 Å². The average Bonchev–Trinajstić information content (AvgIpc) is 2.35. The number of hydrogen-bond acceptors (Lipinski definition) is 4. The van der Waals surface area contributed by atoms with Crippen molar-refractivity contribution in [2.45, 2.75) is 12.5 Å². The number of thioether (sulfide) groups is 1. The number of carboxylic acid groups (broad SMARTS) is 1. The summed E-state index contributed by atoms with van der Waals surface area (Å²) in [6.45, 7) is 0. The van der Waals surface area contributed by atoms with E-state index in [1.54, 1.807) is 11.8 Å². The Bertz CT molecular complexity index is 482. The molecule has 1 atom stereocenters. The van der Waals surface area contributed by atoms with E-state index >= 15 is 0 Å². The molecule has 0 fully saturated rings. The van der Waals surface area contributed by atoms with E-state index in [4.69, 9.17) is 22.4 Å². The number of carbonyl (C=O) groups is 2. The second-order valence-electron chi connectivity index (χ2n) is 3.87. The van der Waals surface area contributed by atoms with Crippen LogP contribution in [-0.2, 0) is 4.79 Å². The van der Waals surface area contributed by atoms with Gasteiger partial charge in [0.1, 0.15) is 0 Å². The quantitative estimate of drug-likeness (QED) is 0.748. The molecule has 5 nitrogen and oxygen atoms in total. The molecule has 0 saturated heterocycles. The fourth-order valence-corrected chi connectivity index (χ4v) is 2.07. The van der Waals surface area contributed by atoms with E-state index in [0.717, 1.165) is 5.75 Å². The number of benzene rings is 1. The van der Waals surface area contributed by atoms with E-state index in [1.807, 2.05) is 6.26 Å². The highest BCUT2D eigenvalue weighted by molar-refractivity contribution is 7.98. The van der Waals surface area contributed by atoms with Gasteiger partial charge in [0, 0.05) is 5.02 Å². The number of anilines is 1. The van der Waals surface area contributed by atoms with Gasteiger partial charge in [-0.3, -0.25) is 4.79 Å². The molecule has 19 heavy (non-hydrogen) atoms. The number of aromatic carboxylic acids is 1. The van der Waals surface area contributed by atoms with Gasteiger partial charge in [0.2, 0.25) is 5.91 Å². The van der Waals surface area contributed by atoms with Crippen LogP contribution in [0.2, 0.25) is 5.02 Å². The molecule has 4 N–H and O–H groups in total. The van der Waals surface area contributed by atoms with Crippen molar-refractivity contribution < 1.29 is 14.7 Å². The van der Waals surface area contributed by atoms with Gasteiger partial charge in [-0.05, 0) is 36.6 Å². The largest absolute Gasteiger partial charge is 0.478 e. The summed E-state index contributed by atoms with van der Waals surface area (Å²) in [6, 6.07) is 3.51. The zero-order chi connectivity index (χ0) is 14.4. The summed E-state index contributed by atoms with van der Waals surface area (Å²) in [6.07, 6.45) is 2.44. The minimum Gasteiger partial charge on any atom is -0.478 e. The molecule has 0 aliphatic carbocycles. The minimum absolute atomic E-state index is 0.0187. The highest BCUT2D eigenvalue weighted by Crippen LogP contribution is 2.21. The lowest BCUT2D eigenvalue weighted by molar-refractivity contribution is -0.117. The Balaban J connectivity index is 2.83. The van der Waals surface area contributed by atoms with Crippen LogP contribution in [-0.4, -0.2) is 35.0 Å². The molecule has 1 aromatic rings. The van der Waals surface area contributed by atoms with Gasteiger partial charge in [-0.25, -0.2) is 4.79 Å². The number of carbonyl (C=O) groups excluding carboxylic acids is 1. The van der Waals surface area contributed by atoms with Crippen LogP contribution < -0.4 is 11.1 Å². The van der Waals surface area contributed by atoms with E-state index in [9.17, 15) is 9.59 Å². The van der Waals surface area contributed by atoms with Crippen molar-refractivity contribution in [2.75, 3.05) is 17.3 Å². The lowest BCUT2D eigenvalue weighted by atomic mass is 10.1. The predicted octanol–water partition coefficient (Wildman–Crippen LogP) is 2.06. The maximum Gasteiger partial charge on any atom is 0.337 e. The number of amides is 1. The minimum atomic E-state index is -1.13. The molecule has 0 saturated carbocycles. The van der Waals surface area contributed by atoms with Crippen molar-refractivity contribution >= 4 is 40.9 Å². The van der Waals surface area contributed by atoms with Gasteiger partial charge in [-0.2, -0.15) is 11.8 Å². The molecular formula is C12H15ClN2O3S. The van der Waals surface area contributed by atoms with Gasteiger partial charge < -0.3 is 16.2 Å². The summed E-state index contributed by atoms with van der Waals surface area (Å²) in [5.41, 5.74) is 5.85. The number of rotatable bonds is 6. The number of nitrogens with one attached hydrogen (secondary N) is 1. The molecule has 0 aliphatic rings. The van der Waals surface area contributed by atoms with E-state index in [2.05, 4.69) is 5.32 Å². The van der Waals surface area contributed by atoms with E-state index in [0.29, 0.717) is 11.4 Å². The molecule has 7 heteroatoms. The molecule has 1 aromatic carbocycles. The SMILES string of the molecule is CSCC[C@H](N)C(=O)Nc1cc(Cl)ccc1C(=O)O. The number of halogens is 1.